The average molecular weight is 428 g/mol. The fraction of sp³-hybridized carbons (Fsp3) is 0.545. The topological polar surface area (TPSA) is 104 Å². The van der Waals surface area contributed by atoms with E-state index < -0.39 is 10.8 Å². The quantitative estimate of drug-likeness (QED) is 0.694. The predicted octanol–water partition coefficient (Wildman–Crippen LogP) is 0.595. The summed E-state index contributed by atoms with van der Waals surface area (Å²) in [5.41, 5.74) is -0.0376. The molecule has 2 aromatic heterocycles. The number of nitrogens with zero attached hydrogens (tertiary/aromatic N) is 3. The normalized spacial score (nSPS) is 25.7. The third kappa shape index (κ3) is 3.61. The van der Waals surface area contributed by atoms with Crippen LogP contribution in [-0.2, 0) is 21.6 Å². The van der Waals surface area contributed by atoms with Crippen LogP contribution in [0.5, 0.6) is 0 Å². The van der Waals surface area contributed by atoms with Crippen LogP contribution in [-0.4, -0.2) is 51.5 Å². The highest BCUT2D eigenvalue weighted by Gasteiger charge is 2.41. The summed E-state index contributed by atoms with van der Waals surface area (Å²) >= 11 is 0. The molecule has 3 aliphatic heterocycles. The second-order valence-corrected chi connectivity index (χ2v) is 9.09. The summed E-state index contributed by atoms with van der Waals surface area (Å²) in [5.74, 6) is 0.363. The highest BCUT2D eigenvalue weighted by Crippen LogP contribution is 2.38. The number of piperidine rings is 1. The van der Waals surface area contributed by atoms with Crippen molar-refractivity contribution in [1.29, 1.82) is 0 Å². The van der Waals surface area contributed by atoms with E-state index >= 15 is 0 Å². The van der Waals surface area contributed by atoms with Crippen LogP contribution in [0.1, 0.15) is 37.3 Å². The molecule has 3 atom stereocenters. The molecule has 0 aromatic carbocycles. The van der Waals surface area contributed by atoms with E-state index in [0.29, 0.717) is 39.3 Å². The zero-order valence-corrected chi connectivity index (χ0v) is 17.4. The number of likely N-dealkylation sites (tertiary alicyclic amines) is 1. The first-order valence-electron chi connectivity index (χ1n) is 10.9. The number of carbonyl (C=O) groups excluding carboxylic acids is 1. The Labute approximate surface area is 180 Å². The molecule has 9 nitrogen and oxygen atoms in total. The number of carbonyl (C=O) groups is 1. The molecule has 31 heavy (non-hydrogen) atoms. The lowest BCUT2D eigenvalue weighted by Gasteiger charge is -2.45. The first-order valence-corrected chi connectivity index (χ1v) is 10.9. The van der Waals surface area contributed by atoms with E-state index in [9.17, 15) is 20.0 Å². The summed E-state index contributed by atoms with van der Waals surface area (Å²) in [7, 11) is 0. The van der Waals surface area contributed by atoms with Gasteiger partial charge in [0.1, 0.15) is 0 Å². The summed E-state index contributed by atoms with van der Waals surface area (Å²) < 4.78 is 9.36. The molecule has 0 saturated carbocycles. The van der Waals surface area contributed by atoms with Crippen LogP contribution < -0.4 is 10.8 Å². The van der Waals surface area contributed by atoms with Gasteiger partial charge in [0, 0.05) is 62.9 Å². The van der Waals surface area contributed by atoms with Gasteiger partial charge in [-0.2, -0.15) is 5.23 Å². The zero-order chi connectivity index (χ0) is 21.6. The largest absolute Gasteiger partial charge is 0.595 e. The van der Waals surface area contributed by atoms with Crippen molar-refractivity contribution in [3.8, 4) is 0 Å². The number of pyridine rings is 1. The smallest absolute Gasteiger partial charge is 0.315 e. The van der Waals surface area contributed by atoms with Gasteiger partial charge < -0.3 is 24.0 Å². The SMILES string of the molecule is O=C(CC1(n2cccc2)CCOCC1)N1C[C@H]2C[C@@H](C1)c1ccc([NH+]([O-])O)c(=O)n1C2. The molecule has 166 valence electrons. The number of nitrogens with one attached hydrogen (secondary N) is 1. The molecule has 0 aliphatic carbocycles. The van der Waals surface area contributed by atoms with Crippen molar-refractivity contribution < 1.29 is 20.0 Å². The number of aromatic nitrogens is 2. The molecule has 2 saturated heterocycles. The minimum Gasteiger partial charge on any atom is -0.595 e. The number of quaternary nitrogens is 1. The van der Waals surface area contributed by atoms with Gasteiger partial charge in [0.25, 0.3) is 0 Å². The highest BCUT2D eigenvalue weighted by molar-refractivity contribution is 5.77. The van der Waals surface area contributed by atoms with Gasteiger partial charge in [-0.1, -0.05) is 0 Å². The van der Waals surface area contributed by atoms with E-state index in [1.165, 1.54) is 6.07 Å². The molecule has 5 heterocycles. The molecule has 9 heteroatoms. The summed E-state index contributed by atoms with van der Waals surface area (Å²) in [6.45, 7) is 2.94. The van der Waals surface area contributed by atoms with Crippen LogP contribution in [0, 0.1) is 11.1 Å². The highest BCUT2D eigenvalue weighted by atomic mass is 16.8. The molecule has 0 radical (unpaired) electrons. The third-order valence-corrected chi connectivity index (χ3v) is 7.24. The number of amides is 1. The number of ether oxygens (including phenoxy) is 1. The van der Waals surface area contributed by atoms with Crippen LogP contribution in [0.2, 0.25) is 0 Å². The Balaban J connectivity index is 1.37. The van der Waals surface area contributed by atoms with Crippen molar-refractivity contribution in [3.63, 3.8) is 0 Å². The van der Waals surface area contributed by atoms with E-state index in [-0.39, 0.29) is 29.0 Å². The lowest BCUT2D eigenvalue weighted by molar-refractivity contribution is -0.992. The minimum absolute atomic E-state index is 0.0595. The van der Waals surface area contributed by atoms with Crippen LogP contribution in [0.4, 0.5) is 5.69 Å². The third-order valence-electron chi connectivity index (χ3n) is 7.24. The monoisotopic (exact) mass is 428 g/mol. The molecular formula is C22H28N4O5. The van der Waals surface area contributed by atoms with E-state index in [1.807, 2.05) is 29.4 Å². The van der Waals surface area contributed by atoms with Crippen LogP contribution in [0.15, 0.2) is 41.5 Å². The Kier molecular flexibility index (Phi) is 5.21. The lowest BCUT2D eigenvalue weighted by Crippen LogP contribution is -3.00. The van der Waals surface area contributed by atoms with Crippen LogP contribution in [0.25, 0.3) is 0 Å². The fourth-order valence-electron chi connectivity index (χ4n) is 5.63. The summed E-state index contributed by atoms with van der Waals surface area (Å²) in [6, 6.07) is 7.14. The molecular weight excluding hydrogens is 400 g/mol. The Morgan fingerprint density at radius 1 is 1.19 bits per heavy atom. The number of hydrogen-bond donors (Lipinski definition) is 2. The van der Waals surface area contributed by atoms with E-state index in [1.54, 1.807) is 10.6 Å². The predicted molar refractivity (Wildman–Crippen MR) is 111 cm³/mol. The van der Waals surface area contributed by atoms with Gasteiger partial charge in [-0.3, -0.25) is 9.59 Å². The van der Waals surface area contributed by atoms with Crippen molar-refractivity contribution in [2.24, 2.45) is 5.92 Å². The fourth-order valence-corrected chi connectivity index (χ4v) is 5.63. The second-order valence-electron chi connectivity index (χ2n) is 9.09. The Morgan fingerprint density at radius 3 is 2.65 bits per heavy atom. The van der Waals surface area contributed by atoms with Gasteiger partial charge >= 0.3 is 5.56 Å². The van der Waals surface area contributed by atoms with Crippen molar-refractivity contribution in [2.45, 2.75) is 43.7 Å². The molecule has 2 N–H and O–H groups in total. The van der Waals surface area contributed by atoms with Crippen LogP contribution >= 0.6 is 0 Å². The maximum atomic E-state index is 13.4. The van der Waals surface area contributed by atoms with Crippen LogP contribution in [0.3, 0.4) is 0 Å². The molecule has 1 amide bonds. The maximum Gasteiger partial charge on any atom is 0.315 e. The Bertz CT molecular complexity index is 1010. The van der Waals surface area contributed by atoms with Gasteiger partial charge in [-0.25, -0.2) is 5.21 Å². The molecule has 2 bridgehead atoms. The summed E-state index contributed by atoms with van der Waals surface area (Å²) in [5, 5.41) is 19.4. The Morgan fingerprint density at radius 2 is 1.94 bits per heavy atom. The van der Waals surface area contributed by atoms with E-state index in [2.05, 4.69) is 4.57 Å². The first kappa shape index (κ1) is 20.4. The van der Waals surface area contributed by atoms with Crippen molar-refractivity contribution in [1.82, 2.24) is 14.0 Å². The summed E-state index contributed by atoms with van der Waals surface area (Å²) in [6.07, 6.45) is 7.05. The van der Waals surface area contributed by atoms with E-state index in [4.69, 9.17) is 4.74 Å². The molecule has 2 aromatic rings. The van der Waals surface area contributed by atoms with Crippen molar-refractivity contribution in [3.05, 3.63) is 57.9 Å². The van der Waals surface area contributed by atoms with E-state index in [0.717, 1.165) is 25.0 Å². The second kappa shape index (κ2) is 7.90. The lowest BCUT2D eigenvalue weighted by atomic mass is 9.81. The average Bonchev–Trinajstić information content (AvgIpc) is 3.30. The number of rotatable bonds is 4. The van der Waals surface area contributed by atoms with Gasteiger partial charge in [-0.05, 0) is 43.4 Å². The minimum atomic E-state index is -1.19. The maximum absolute atomic E-state index is 13.4. The zero-order valence-electron chi connectivity index (χ0n) is 17.4. The Hall–Kier alpha value is -2.46. The van der Waals surface area contributed by atoms with Crippen molar-refractivity contribution >= 4 is 11.6 Å². The number of hydrogen-bond acceptors (Lipinski definition) is 5. The molecule has 2 fully saturated rings. The molecule has 3 aliphatic rings. The van der Waals surface area contributed by atoms with Gasteiger partial charge in [0.2, 0.25) is 11.6 Å². The first-order chi connectivity index (χ1) is 15.0. The van der Waals surface area contributed by atoms with Crippen molar-refractivity contribution in [2.75, 3.05) is 26.3 Å². The van der Waals surface area contributed by atoms with Gasteiger partial charge in [-0.15, -0.1) is 0 Å². The van der Waals surface area contributed by atoms with Gasteiger partial charge in [0.05, 0.1) is 12.0 Å². The molecule has 0 spiro atoms. The summed E-state index contributed by atoms with van der Waals surface area (Å²) in [4.78, 5) is 28.0. The number of fused-ring (bicyclic) bond motifs is 4. The standard InChI is InChI=1S/C22H28N4O5/c27-20(12-22(5-9-31-10-6-22)24-7-1-2-8-24)23-13-16-11-17(15-23)18-3-4-19(26(29)30)21(28)25(18)14-16/h1-4,7-8,16-17,26,29H,5-6,9-15H2/t16-,17+/m1/s1. The molecule has 5 rings (SSSR count). The van der Waals surface area contributed by atoms with Gasteiger partial charge in [0.15, 0.2) is 0 Å². The molecule has 1 unspecified atom stereocenters.